The first-order chi connectivity index (χ1) is 12.2. The Morgan fingerprint density at radius 1 is 1.23 bits per heavy atom. The minimum atomic E-state index is -4.49. The van der Waals surface area contributed by atoms with E-state index in [-0.39, 0.29) is 11.1 Å². The lowest BCUT2D eigenvalue weighted by Crippen LogP contribution is -2.22. The lowest BCUT2D eigenvalue weighted by atomic mass is 10.0. The molecule has 0 aromatic heterocycles. The van der Waals surface area contributed by atoms with Crippen LogP contribution in [0, 0.1) is 11.3 Å². The highest BCUT2D eigenvalue weighted by atomic mass is 19.4. The Labute approximate surface area is 147 Å². The van der Waals surface area contributed by atoms with Crippen molar-refractivity contribution in [3.63, 3.8) is 0 Å². The Morgan fingerprint density at radius 3 is 2.42 bits per heavy atom. The number of hydrogen-bond donors (Lipinski definition) is 1. The van der Waals surface area contributed by atoms with Gasteiger partial charge in [0, 0.05) is 0 Å². The van der Waals surface area contributed by atoms with Crippen molar-refractivity contribution >= 4 is 17.6 Å². The van der Waals surface area contributed by atoms with Gasteiger partial charge in [0.1, 0.15) is 5.75 Å². The van der Waals surface area contributed by atoms with E-state index in [1.54, 1.807) is 12.1 Å². The number of aliphatic carboxylic acids is 1. The molecule has 134 valence electrons. The van der Waals surface area contributed by atoms with Crippen LogP contribution in [0.25, 0.3) is 11.6 Å². The summed E-state index contributed by atoms with van der Waals surface area (Å²) in [5.74, 6) is -0.778. The second-order valence-corrected chi connectivity index (χ2v) is 5.42. The largest absolute Gasteiger partial charge is 0.479 e. The van der Waals surface area contributed by atoms with E-state index in [0.717, 1.165) is 12.1 Å². The van der Waals surface area contributed by atoms with Crippen LogP contribution in [0.2, 0.25) is 0 Å². The fraction of sp³-hybridized carbons (Fsp3) is 0.158. The van der Waals surface area contributed by atoms with Gasteiger partial charge in [-0.1, -0.05) is 24.3 Å². The zero-order chi connectivity index (χ0) is 19.3. The second-order valence-electron chi connectivity index (χ2n) is 5.42. The summed E-state index contributed by atoms with van der Waals surface area (Å²) in [7, 11) is 0. The first-order valence-electron chi connectivity index (χ1n) is 7.49. The average Bonchev–Trinajstić information content (AvgIpc) is 2.60. The number of rotatable bonds is 5. The number of nitriles is 1. The predicted octanol–water partition coefficient (Wildman–Crippen LogP) is 4.62. The third-order valence-electron chi connectivity index (χ3n) is 3.47. The summed E-state index contributed by atoms with van der Waals surface area (Å²) in [5, 5.41) is 18.1. The predicted molar refractivity (Wildman–Crippen MR) is 89.1 cm³/mol. The molecule has 0 amide bonds. The monoisotopic (exact) mass is 361 g/mol. The van der Waals surface area contributed by atoms with E-state index in [4.69, 9.17) is 9.84 Å². The molecule has 0 unspecified atom stereocenters. The molecule has 0 radical (unpaired) electrons. The first-order valence-corrected chi connectivity index (χ1v) is 7.49. The maximum Gasteiger partial charge on any atom is 0.416 e. The fourth-order valence-electron chi connectivity index (χ4n) is 2.11. The molecule has 0 aliphatic carbocycles. The lowest BCUT2D eigenvalue weighted by Gasteiger charge is -2.10. The van der Waals surface area contributed by atoms with E-state index in [0.29, 0.717) is 11.3 Å². The van der Waals surface area contributed by atoms with E-state index in [1.165, 1.54) is 37.3 Å². The van der Waals surface area contributed by atoms with Gasteiger partial charge in [-0.3, -0.25) is 0 Å². The number of alkyl halides is 3. The number of halogens is 3. The highest BCUT2D eigenvalue weighted by Gasteiger charge is 2.30. The summed E-state index contributed by atoms with van der Waals surface area (Å²) < 4.78 is 43.6. The summed E-state index contributed by atoms with van der Waals surface area (Å²) in [6.45, 7) is 1.39. The Hall–Kier alpha value is -3.27. The zero-order valence-corrected chi connectivity index (χ0v) is 13.6. The van der Waals surface area contributed by atoms with Gasteiger partial charge in [-0.15, -0.1) is 0 Å². The SMILES string of the molecule is C[C@H](Oc1ccc(/C=C(/C#N)c2cccc(C(F)(F)F)c2)cc1)C(=O)O. The highest BCUT2D eigenvalue weighted by Crippen LogP contribution is 2.31. The standard InChI is InChI=1S/C19H14F3NO3/c1-12(18(24)25)26-17-7-5-13(6-8-17)9-15(11-23)14-3-2-4-16(10-14)19(20,21)22/h2-10,12H,1H3,(H,24,25)/b15-9-/t12-/m0/s1. The number of ether oxygens (including phenoxy) is 1. The minimum Gasteiger partial charge on any atom is -0.479 e. The van der Waals surface area contributed by atoms with E-state index in [1.807, 2.05) is 6.07 Å². The molecular weight excluding hydrogens is 347 g/mol. The van der Waals surface area contributed by atoms with Crippen LogP contribution in [0.15, 0.2) is 48.5 Å². The van der Waals surface area contributed by atoms with Crippen LogP contribution in [0.5, 0.6) is 5.75 Å². The summed E-state index contributed by atoms with van der Waals surface area (Å²) in [6.07, 6.45) is -4.06. The Bertz CT molecular complexity index is 865. The molecule has 2 aromatic carbocycles. The van der Waals surface area contributed by atoms with Gasteiger partial charge in [0.15, 0.2) is 6.10 Å². The van der Waals surface area contributed by atoms with Gasteiger partial charge in [0.05, 0.1) is 17.2 Å². The molecule has 1 atom stereocenters. The smallest absolute Gasteiger partial charge is 0.416 e. The molecule has 0 bridgehead atoms. The van der Waals surface area contributed by atoms with Crippen molar-refractivity contribution in [1.29, 1.82) is 5.26 Å². The van der Waals surface area contributed by atoms with Crippen LogP contribution in [0.3, 0.4) is 0 Å². The van der Waals surface area contributed by atoms with Crippen LogP contribution >= 0.6 is 0 Å². The van der Waals surface area contributed by atoms with Crippen LogP contribution < -0.4 is 4.74 Å². The lowest BCUT2D eigenvalue weighted by molar-refractivity contribution is -0.144. The van der Waals surface area contributed by atoms with Crippen LogP contribution in [0.1, 0.15) is 23.6 Å². The van der Waals surface area contributed by atoms with Crippen molar-refractivity contribution in [2.45, 2.75) is 19.2 Å². The Morgan fingerprint density at radius 2 is 1.88 bits per heavy atom. The highest BCUT2D eigenvalue weighted by molar-refractivity contribution is 5.89. The summed E-state index contributed by atoms with van der Waals surface area (Å²) in [4.78, 5) is 10.8. The number of carboxylic acid groups (broad SMARTS) is 1. The topological polar surface area (TPSA) is 70.3 Å². The van der Waals surface area contributed by atoms with Gasteiger partial charge in [0.2, 0.25) is 0 Å². The van der Waals surface area contributed by atoms with Crippen LogP contribution in [-0.2, 0) is 11.0 Å². The van der Waals surface area contributed by atoms with Crippen molar-refractivity contribution in [3.05, 3.63) is 65.2 Å². The number of nitrogens with zero attached hydrogens (tertiary/aromatic N) is 1. The molecule has 2 aromatic rings. The van der Waals surface area contributed by atoms with Gasteiger partial charge in [0.25, 0.3) is 0 Å². The molecular formula is C19H14F3NO3. The molecule has 4 nitrogen and oxygen atoms in total. The zero-order valence-electron chi connectivity index (χ0n) is 13.6. The van der Waals surface area contributed by atoms with Gasteiger partial charge < -0.3 is 9.84 Å². The van der Waals surface area contributed by atoms with Gasteiger partial charge in [-0.2, -0.15) is 18.4 Å². The minimum absolute atomic E-state index is 0.0728. The first kappa shape index (κ1) is 19.1. The van der Waals surface area contributed by atoms with E-state index in [2.05, 4.69) is 0 Å². The molecule has 0 aliphatic heterocycles. The van der Waals surface area contributed by atoms with E-state index >= 15 is 0 Å². The van der Waals surface area contributed by atoms with Gasteiger partial charge >= 0.3 is 12.1 Å². The van der Waals surface area contributed by atoms with Gasteiger partial charge in [-0.25, -0.2) is 4.79 Å². The van der Waals surface area contributed by atoms with Gasteiger partial charge in [-0.05, 0) is 48.4 Å². The summed E-state index contributed by atoms with van der Waals surface area (Å²) >= 11 is 0. The molecule has 0 saturated heterocycles. The van der Waals surface area contributed by atoms with Crippen molar-refractivity contribution in [3.8, 4) is 11.8 Å². The fourth-order valence-corrected chi connectivity index (χ4v) is 2.11. The Balaban J connectivity index is 2.27. The number of benzene rings is 2. The molecule has 1 N–H and O–H groups in total. The molecule has 7 heteroatoms. The van der Waals surface area contributed by atoms with E-state index < -0.39 is 23.8 Å². The summed E-state index contributed by atoms with van der Waals surface area (Å²) in [6, 6.07) is 12.6. The molecule has 0 fully saturated rings. The maximum absolute atomic E-state index is 12.8. The summed E-state index contributed by atoms with van der Waals surface area (Å²) in [5.41, 5.74) is -0.0392. The number of hydrogen-bond acceptors (Lipinski definition) is 3. The van der Waals surface area contributed by atoms with E-state index in [9.17, 15) is 23.2 Å². The molecule has 2 rings (SSSR count). The van der Waals surface area contributed by atoms with Crippen molar-refractivity contribution < 1.29 is 27.8 Å². The van der Waals surface area contributed by atoms with Crippen LogP contribution in [-0.4, -0.2) is 17.2 Å². The Kier molecular flexibility index (Phi) is 5.68. The molecule has 26 heavy (non-hydrogen) atoms. The third-order valence-corrected chi connectivity index (χ3v) is 3.47. The quantitative estimate of drug-likeness (QED) is 0.623. The molecule has 0 aliphatic rings. The molecule has 0 heterocycles. The molecule has 0 spiro atoms. The third kappa shape index (κ3) is 4.86. The van der Waals surface area contributed by atoms with Crippen molar-refractivity contribution in [2.24, 2.45) is 0 Å². The number of allylic oxidation sites excluding steroid dienone is 1. The number of carbonyl (C=O) groups is 1. The molecule has 0 saturated carbocycles. The van der Waals surface area contributed by atoms with Crippen molar-refractivity contribution in [1.82, 2.24) is 0 Å². The van der Waals surface area contributed by atoms with Crippen molar-refractivity contribution in [2.75, 3.05) is 0 Å². The second kappa shape index (κ2) is 7.74. The average molecular weight is 361 g/mol. The normalized spacial score (nSPS) is 13.0. The maximum atomic E-state index is 12.8. The van der Waals surface area contributed by atoms with Crippen LogP contribution in [0.4, 0.5) is 13.2 Å². The number of carboxylic acids is 1.